The number of hydrogen-bond acceptors (Lipinski definition) is 2. The standard InChI is InChI=1S/C24H16O2/c25-23-18-11-5-10-17-15-8-3-4-9-16(15)20-14-7-2-1-6-13(14)12-19(24(23)26)22(20)21(17)18/h1-12,23-26H/t23-,24+/m0/s1. The van der Waals surface area contributed by atoms with Crippen molar-refractivity contribution >= 4 is 43.1 Å². The molecule has 0 saturated carbocycles. The van der Waals surface area contributed by atoms with E-state index in [0.717, 1.165) is 32.7 Å². The van der Waals surface area contributed by atoms with Gasteiger partial charge in [0.1, 0.15) is 12.2 Å². The summed E-state index contributed by atoms with van der Waals surface area (Å²) in [4.78, 5) is 0. The van der Waals surface area contributed by atoms with Crippen LogP contribution >= 0.6 is 0 Å². The molecule has 0 fully saturated rings. The van der Waals surface area contributed by atoms with Gasteiger partial charge in [-0.05, 0) is 60.3 Å². The molecule has 0 heterocycles. The van der Waals surface area contributed by atoms with Crippen LogP contribution in [0.15, 0.2) is 72.8 Å². The third-order valence-electron chi connectivity index (χ3n) is 5.85. The van der Waals surface area contributed by atoms with Crippen LogP contribution in [0.4, 0.5) is 0 Å². The Balaban J connectivity index is 2.09. The Hall–Kier alpha value is -2.94. The molecule has 0 aromatic heterocycles. The van der Waals surface area contributed by atoms with Crippen LogP contribution in [0, 0.1) is 0 Å². The minimum absolute atomic E-state index is 0.813. The summed E-state index contributed by atoms with van der Waals surface area (Å²) in [6.07, 6.45) is -1.82. The summed E-state index contributed by atoms with van der Waals surface area (Å²) in [5.74, 6) is 0. The maximum Gasteiger partial charge on any atom is 0.110 e. The number of aliphatic hydroxyl groups excluding tert-OH is 2. The summed E-state index contributed by atoms with van der Waals surface area (Å²) >= 11 is 0. The summed E-state index contributed by atoms with van der Waals surface area (Å²) in [6.45, 7) is 0. The van der Waals surface area contributed by atoms with Crippen molar-refractivity contribution in [3.05, 3.63) is 83.9 Å². The lowest BCUT2D eigenvalue weighted by atomic mass is 9.79. The van der Waals surface area contributed by atoms with E-state index in [2.05, 4.69) is 48.5 Å². The molecule has 0 amide bonds. The van der Waals surface area contributed by atoms with E-state index in [-0.39, 0.29) is 0 Å². The third-order valence-corrected chi connectivity index (χ3v) is 5.85. The van der Waals surface area contributed by atoms with E-state index in [4.69, 9.17) is 0 Å². The summed E-state index contributed by atoms with van der Waals surface area (Å²) in [5.41, 5.74) is 1.63. The van der Waals surface area contributed by atoms with Gasteiger partial charge in [-0.1, -0.05) is 66.7 Å². The van der Waals surface area contributed by atoms with Gasteiger partial charge in [0.2, 0.25) is 0 Å². The van der Waals surface area contributed by atoms with Crippen LogP contribution in [0.2, 0.25) is 0 Å². The highest BCUT2D eigenvalue weighted by atomic mass is 16.3. The van der Waals surface area contributed by atoms with E-state index in [0.29, 0.717) is 0 Å². The predicted octanol–water partition coefficient (Wildman–Crippen LogP) is 5.38. The maximum absolute atomic E-state index is 10.9. The quantitative estimate of drug-likeness (QED) is 0.373. The normalized spacial score (nSPS) is 19.2. The molecule has 2 atom stereocenters. The number of benzene rings is 5. The predicted molar refractivity (Wildman–Crippen MR) is 106 cm³/mol. The molecule has 0 radical (unpaired) electrons. The molecule has 26 heavy (non-hydrogen) atoms. The number of rotatable bonds is 0. The zero-order valence-corrected chi connectivity index (χ0v) is 14.0. The van der Waals surface area contributed by atoms with Crippen LogP contribution in [0.25, 0.3) is 43.1 Å². The molecule has 1 aliphatic rings. The van der Waals surface area contributed by atoms with Crippen LogP contribution in [0.1, 0.15) is 23.3 Å². The topological polar surface area (TPSA) is 40.5 Å². The molecular formula is C24H16O2. The van der Waals surface area contributed by atoms with E-state index < -0.39 is 12.2 Å². The van der Waals surface area contributed by atoms with Gasteiger partial charge in [-0.25, -0.2) is 0 Å². The number of aliphatic hydroxyl groups is 2. The van der Waals surface area contributed by atoms with E-state index in [9.17, 15) is 10.2 Å². The summed E-state index contributed by atoms with van der Waals surface area (Å²) in [5, 5.41) is 30.7. The largest absolute Gasteiger partial charge is 0.385 e. The van der Waals surface area contributed by atoms with Gasteiger partial charge < -0.3 is 10.2 Å². The van der Waals surface area contributed by atoms with Gasteiger partial charge in [0.05, 0.1) is 0 Å². The Labute approximate surface area is 149 Å². The third kappa shape index (κ3) is 1.59. The van der Waals surface area contributed by atoms with Crippen LogP contribution in [-0.2, 0) is 0 Å². The maximum atomic E-state index is 10.9. The first-order valence-electron chi connectivity index (χ1n) is 8.90. The molecule has 5 aromatic carbocycles. The highest BCUT2D eigenvalue weighted by molar-refractivity contribution is 6.33. The van der Waals surface area contributed by atoms with Crippen LogP contribution in [0.5, 0.6) is 0 Å². The van der Waals surface area contributed by atoms with E-state index in [1.807, 2.05) is 24.3 Å². The van der Waals surface area contributed by atoms with Crippen LogP contribution in [0.3, 0.4) is 0 Å². The van der Waals surface area contributed by atoms with Gasteiger partial charge in [0.15, 0.2) is 0 Å². The fraction of sp³-hybridized carbons (Fsp3) is 0.0833. The molecule has 0 bridgehead atoms. The summed E-state index contributed by atoms with van der Waals surface area (Å²) in [6, 6.07) is 24.8. The molecule has 1 aliphatic carbocycles. The molecule has 2 N–H and O–H groups in total. The Kier molecular flexibility index (Phi) is 2.64. The number of hydrogen-bond donors (Lipinski definition) is 2. The van der Waals surface area contributed by atoms with Gasteiger partial charge in [-0.3, -0.25) is 0 Å². The molecule has 0 spiro atoms. The highest BCUT2D eigenvalue weighted by Gasteiger charge is 2.31. The Morgan fingerprint density at radius 1 is 0.500 bits per heavy atom. The molecule has 124 valence electrons. The Bertz CT molecular complexity index is 1360. The van der Waals surface area contributed by atoms with Crippen LogP contribution < -0.4 is 0 Å². The van der Waals surface area contributed by atoms with Crippen LogP contribution in [-0.4, -0.2) is 10.2 Å². The molecule has 5 aromatic rings. The second kappa shape index (κ2) is 4.82. The van der Waals surface area contributed by atoms with Crippen molar-refractivity contribution in [1.29, 1.82) is 0 Å². The molecule has 6 rings (SSSR count). The summed E-state index contributed by atoms with van der Waals surface area (Å²) in [7, 11) is 0. The van der Waals surface area contributed by atoms with Gasteiger partial charge in [0, 0.05) is 0 Å². The smallest absolute Gasteiger partial charge is 0.110 e. The van der Waals surface area contributed by atoms with Gasteiger partial charge in [0.25, 0.3) is 0 Å². The van der Waals surface area contributed by atoms with E-state index in [1.165, 1.54) is 21.5 Å². The van der Waals surface area contributed by atoms with Crippen molar-refractivity contribution in [2.45, 2.75) is 12.2 Å². The lowest BCUT2D eigenvalue weighted by Crippen LogP contribution is -2.15. The van der Waals surface area contributed by atoms with Crippen molar-refractivity contribution in [3.63, 3.8) is 0 Å². The first-order valence-corrected chi connectivity index (χ1v) is 8.90. The Morgan fingerprint density at radius 3 is 1.96 bits per heavy atom. The lowest BCUT2D eigenvalue weighted by Gasteiger charge is -2.29. The van der Waals surface area contributed by atoms with Gasteiger partial charge in [-0.15, -0.1) is 0 Å². The average molecular weight is 336 g/mol. The molecular weight excluding hydrogens is 320 g/mol. The summed E-state index contributed by atoms with van der Waals surface area (Å²) < 4.78 is 0. The minimum Gasteiger partial charge on any atom is -0.385 e. The Morgan fingerprint density at radius 2 is 1.12 bits per heavy atom. The fourth-order valence-corrected chi connectivity index (χ4v) is 4.75. The van der Waals surface area contributed by atoms with Crippen molar-refractivity contribution < 1.29 is 10.2 Å². The monoisotopic (exact) mass is 336 g/mol. The van der Waals surface area contributed by atoms with E-state index in [1.54, 1.807) is 0 Å². The zero-order chi connectivity index (χ0) is 17.4. The van der Waals surface area contributed by atoms with Crippen molar-refractivity contribution in [2.24, 2.45) is 0 Å². The first-order chi connectivity index (χ1) is 12.8. The molecule has 0 saturated heterocycles. The fourth-order valence-electron chi connectivity index (χ4n) is 4.75. The zero-order valence-electron chi connectivity index (χ0n) is 14.0. The van der Waals surface area contributed by atoms with Gasteiger partial charge >= 0.3 is 0 Å². The average Bonchev–Trinajstić information content (AvgIpc) is 2.70. The molecule has 2 nitrogen and oxygen atoms in total. The molecule has 2 heteroatoms. The SMILES string of the molecule is O[C@@H]1c2cc3ccccc3c3c4ccccc4c4cccc(c4c23)[C@@H]1O. The van der Waals surface area contributed by atoms with Crippen molar-refractivity contribution in [1.82, 2.24) is 0 Å². The van der Waals surface area contributed by atoms with Gasteiger partial charge in [-0.2, -0.15) is 0 Å². The number of fused-ring (bicyclic) bond motifs is 5. The molecule has 0 unspecified atom stereocenters. The lowest BCUT2D eigenvalue weighted by molar-refractivity contribution is 0.0179. The minimum atomic E-state index is -0.915. The van der Waals surface area contributed by atoms with E-state index >= 15 is 0 Å². The molecule has 0 aliphatic heterocycles. The second-order valence-electron chi connectivity index (χ2n) is 7.14. The van der Waals surface area contributed by atoms with Crippen molar-refractivity contribution in [3.8, 4) is 0 Å². The first kappa shape index (κ1) is 14.3. The van der Waals surface area contributed by atoms with Crippen molar-refractivity contribution in [2.75, 3.05) is 0 Å². The highest BCUT2D eigenvalue weighted by Crippen LogP contribution is 2.49. The second-order valence-corrected chi connectivity index (χ2v) is 7.14.